The predicted octanol–water partition coefficient (Wildman–Crippen LogP) is 4.50. The molecular formula is C16H12F3N3O2S2. The second-order valence-electron chi connectivity index (χ2n) is 5.34. The highest BCUT2D eigenvalue weighted by atomic mass is 32.2. The maximum Gasteiger partial charge on any atom is 0.416 e. The molecule has 0 saturated carbocycles. The van der Waals surface area contributed by atoms with Gasteiger partial charge in [-0.25, -0.2) is 0 Å². The van der Waals surface area contributed by atoms with Crippen molar-refractivity contribution in [1.29, 1.82) is 0 Å². The molecule has 0 amide bonds. The van der Waals surface area contributed by atoms with Gasteiger partial charge in [0.25, 0.3) is 0 Å². The number of carboxylic acid groups (broad SMARTS) is 1. The number of rotatable bonds is 5. The molecule has 0 aliphatic carbocycles. The van der Waals surface area contributed by atoms with Gasteiger partial charge in [0.05, 0.1) is 11.3 Å². The van der Waals surface area contributed by atoms with E-state index in [1.54, 1.807) is 4.57 Å². The molecule has 0 unspecified atom stereocenters. The fourth-order valence-electron chi connectivity index (χ4n) is 2.28. The molecule has 5 nitrogen and oxygen atoms in total. The van der Waals surface area contributed by atoms with Gasteiger partial charge in [0.15, 0.2) is 5.16 Å². The minimum Gasteiger partial charge on any atom is -0.481 e. The molecule has 3 rings (SSSR count). The lowest BCUT2D eigenvalue weighted by Gasteiger charge is -2.07. The summed E-state index contributed by atoms with van der Waals surface area (Å²) in [6.45, 7) is 1.86. The zero-order chi connectivity index (χ0) is 18.9. The molecule has 1 aromatic carbocycles. The molecule has 0 spiro atoms. The maximum absolute atomic E-state index is 12.7. The zero-order valence-corrected chi connectivity index (χ0v) is 15.0. The molecule has 0 aliphatic heterocycles. The Morgan fingerprint density at radius 3 is 2.62 bits per heavy atom. The number of aryl methyl sites for hydroxylation is 1. The van der Waals surface area contributed by atoms with E-state index >= 15 is 0 Å². The quantitative estimate of drug-likeness (QED) is 0.640. The van der Waals surface area contributed by atoms with Crippen LogP contribution >= 0.6 is 23.1 Å². The first-order valence-corrected chi connectivity index (χ1v) is 9.09. The lowest BCUT2D eigenvalue weighted by molar-refractivity contribution is -0.137. The van der Waals surface area contributed by atoms with Crippen molar-refractivity contribution in [3.63, 3.8) is 0 Å². The van der Waals surface area contributed by atoms with Gasteiger partial charge in [0, 0.05) is 4.88 Å². The Hall–Kier alpha value is -2.33. The van der Waals surface area contributed by atoms with Crippen molar-refractivity contribution in [1.82, 2.24) is 14.8 Å². The largest absolute Gasteiger partial charge is 0.481 e. The van der Waals surface area contributed by atoms with Gasteiger partial charge >= 0.3 is 12.1 Å². The smallest absolute Gasteiger partial charge is 0.416 e. The normalized spacial score (nSPS) is 11.7. The van der Waals surface area contributed by atoms with Gasteiger partial charge in [-0.3, -0.25) is 9.36 Å². The van der Waals surface area contributed by atoms with Gasteiger partial charge in [0.2, 0.25) is 0 Å². The van der Waals surface area contributed by atoms with Crippen LogP contribution < -0.4 is 0 Å². The van der Waals surface area contributed by atoms with Crippen LogP contribution in [0.5, 0.6) is 0 Å². The highest BCUT2D eigenvalue weighted by molar-refractivity contribution is 7.99. The number of thioether (sulfide) groups is 1. The summed E-state index contributed by atoms with van der Waals surface area (Å²) in [5.74, 6) is -1.10. The summed E-state index contributed by atoms with van der Waals surface area (Å²) in [5.41, 5.74) is 0.883. The van der Waals surface area contributed by atoms with E-state index in [1.165, 1.54) is 29.8 Å². The molecular weight excluding hydrogens is 387 g/mol. The summed E-state index contributed by atoms with van der Waals surface area (Å²) in [6.07, 6.45) is -2.89. The average molecular weight is 399 g/mol. The number of aromatic nitrogens is 3. The molecule has 0 fully saturated rings. The molecule has 0 aliphatic rings. The van der Waals surface area contributed by atoms with Gasteiger partial charge < -0.3 is 5.11 Å². The second kappa shape index (κ2) is 7.12. The number of thiophene rings is 1. The highest BCUT2D eigenvalue weighted by Gasteiger charge is 2.30. The van der Waals surface area contributed by atoms with E-state index in [1.807, 2.05) is 13.0 Å². The zero-order valence-electron chi connectivity index (χ0n) is 13.3. The van der Waals surface area contributed by atoms with Gasteiger partial charge in [-0.2, -0.15) is 13.2 Å². The van der Waals surface area contributed by atoms with E-state index in [0.717, 1.165) is 39.3 Å². The lowest BCUT2D eigenvalue weighted by atomic mass is 10.1. The van der Waals surface area contributed by atoms with Crippen molar-refractivity contribution < 1.29 is 23.1 Å². The fraction of sp³-hybridized carbons (Fsp3) is 0.188. The second-order valence-corrected chi connectivity index (χ2v) is 7.31. The van der Waals surface area contributed by atoms with Crippen molar-refractivity contribution in [2.45, 2.75) is 18.3 Å². The Labute approximate surface area is 154 Å². The Bertz CT molecular complexity index is 933. The maximum atomic E-state index is 12.7. The first-order chi connectivity index (χ1) is 12.3. The van der Waals surface area contributed by atoms with E-state index < -0.39 is 17.7 Å². The van der Waals surface area contributed by atoms with Crippen LogP contribution in [-0.2, 0) is 11.0 Å². The van der Waals surface area contributed by atoms with E-state index in [0.29, 0.717) is 10.7 Å². The predicted molar refractivity (Wildman–Crippen MR) is 92.8 cm³/mol. The van der Waals surface area contributed by atoms with Crippen LogP contribution in [0.3, 0.4) is 0 Å². The van der Waals surface area contributed by atoms with Crippen LogP contribution in [0.2, 0.25) is 0 Å². The minimum absolute atomic E-state index is 0.144. The highest BCUT2D eigenvalue weighted by Crippen LogP contribution is 2.37. The summed E-state index contributed by atoms with van der Waals surface area (Å²) in [6, 6.07) is 6.86. The van der Waals surface area contributed by atoms with Crippen LogP contribution in [0.4, 0.5) is 13.2 Å². The first-order valence-electron chi connectivity index (χ1n) is 7.29. The number of hydrogen-bond acceptors (Lipinski definition) is 5. The summed E-state index contributed by atoms with van der Waals surface area (Å²) in [4.78, 5) is 11.6. The molecule has 1 N–H and O–H groups in total. The van der Waals surface area contributed by atoms with Crippen LogP contribution in [0, 0.1) is 6.92 Å². The number of hydrogen-bond donors (Lipinski definition) is 1. The number of carboxylic acids is 1. The molecule has 10 heteroatoms. The standard InChI is InChI=1S/C16H12F3N3O2S2/c1-9-6-12(22-8-20-21-15(22)25-7-13(23)24)26-14(9)10-2-4-11(5-3-10)16(17,18)19/h2-6,8H,7H2,1H3,(H,23,24). The third-order valence-corrected chi connectivity index (χ3v) is 5.67. The molecule has 3 aromatic rings. The van der Waals surface area contributed by atoms with Crippen molar-refractivity contribution in [2.24, 2.45) is 0 Å². The lowest BCUT2D eigenvalue weighted by Crippen LogP contribution is -2.03. The number of aliphatic carboxylic acids is 1. The van der Waals surface area contributed by atoms with E-state index in [2.05, 4.69) is 10.2 Å². The van der Waals surface area contributed by atoms with E-state index in [9.17, 15) is 18.0 Å². The Morgan fingerprint density at radius 1 is 1.31 bits per heavy atom. The summed E-state index contributed by atoms with van der Waals surface area (Å²) in [5, 5.41) is 17.7. The topological polar surface area (TPSA) is 68.0 Å². The number of benzene rings is 1. The molecule has 0 radical (unpaired) electrons. The Kier molecular flexibility index (Phi) is 5.05. The average Bonchev–Trinajstić information content (AvgIpc) is 3.18. The number of halogens is 3. The fourth-order valence-corrected chi connectivity index (χ4v) is 4.13. The molecule has 0 atom stereocenters. The number of nitrogens with zero attached hydrogens (tertiary/aromatic N) is 3. The molecule has 0 saturated heterocycles. The van der Waals surface area contributed by atoms with Gasteiger partial charge in [-0.15, -0.1) is 21.5 Å². The van der Waals surface area contributed by atoms with Gasteiger partial charge in [-0.1, -0.05) is 23.9 Å². The van der Waals surface area contributed by atoms with Crippen molar-refractivity contribution >= 4 is 29.1 Å². The summed E-state index contributed by atoms with van der Waals surface area (Å²) in [7, 11) is 0. The third-order valence-electron chi connectivity index (χ3n) is 3.46. The van der Waals surface area contributed by atoms with E-state index in [4.69, 9.17) is 5.11 Å². The Balaban J connectivity index is 1.91. The summed E-state index contributed by atoms with van der Waals surface area (Å²) >= 11 is 2.42. The third kappa shape index (κ3) is 3.91. The minimum atomic E-state index is -4.37. The molecule has 26 heavy (non-hydrogen) atoms. The van der Waals surface area contributed by atoms with E-state index in [-0.39, 0.29) is 5.75 Å². The molecule has 136 valence electrons. The molecule has 2 heterocycles. The van der Waals surface area contributed by atoms with Gasteiger partial charge in [-0.05, 0) is 36.2 Å². The van der Waals surface area contributed by atoms with Crippen LogP contribution in [-0.4, -0.2) is 31.6 Å². The summed E-state index contributed by atoms with van der Waals surface area (Å²) < 4.78 is 39.8. The van der Waals surface area contributed by atoms with Gasteiger partial charge in [0.1, 0.15) is 11.3 Å². The van der Waals surface area contributed by atoms with Crippen molar-refractivity contribution in [2.75, 3.05) is 5.75 Å². The molecule has 2 aromatic heterocycles. The van der Waals surface area contributed by atoms with Crippen LogP contribution in [0.1, 0.15) is 11.1 Å². The monoisotopic (exact) mass is 399 g/mol. The number of carbonyl (C=O) groups is 1. The Morgan fingerprint density at radius 2 is 2.00 bits per heavy atom. The first kappa shape index (κ1) is 18.5. The van der Waals surface area contributed by atoms with Crippen LogP contribution in [0.15, 0.2) is 41.8 Å². The van der Waals surface area contributed by atoms with Crippen LogP contribution in [0.25, 0.3) is 15.4 Å². The SMILES string of the molecule is Cc1cc(-n2cnnc2SCC(=O)O)sc1-c1ccc(C(F)(F)F)cc1. The number of alkyl halides is 3. The molecule has 0 bridgehead atoms. The van der Waals surface area contributed by atoms with Crippen molar-refractivity contribution in [3.8, 4) is 15.4 Å². The van der Waals surface area contributed by atoms with Crippen molar-refractivity contribution in [3.05, 3.63) is 47.8 Å².